The Morgan fingerprint density at radius 3 is 2.50 bits per heavy atom. The van der Waals surface area contributed by atoms with Crippen molar-refractivity contribution in [3.8, 4) is 5.69 Å². The van der Waals surface area contributed by atoms with Gasteiger partial charge in [0.25, 0.3) is 0 Å². The number of hydrogen-bond donors (Lipinski definition) is 1. The number of rotatable bonds is 4. The third-order valence-corrected chi connectivity index (χ3v) is 4.45. The number of sulfonamides is 1. The van der Waals surface area contributed by atoms with E-state index in [1.54, 1.807) is 28.0 Å². The summed E-state index contributed by atoms with van der Waals surface area (Å²) in [5, 5.41) is 9.07. The summed E-state index contributed by atoms with van der Waals surface area (Å²) in [6.45, 7) is 0.359. The van der Waals surface area contributed by atoms with Gasteiger partial charge >= 0.3 is 0 Å². The summed E-state index contributed by atoms with van der Waals surface area (Å²) in [6, 6.07) is 7.25. The van der Waals surface area contributed by atoms with E-state index in [4.69, 9.17) is 5.14 Å². The number of amides is 1. The lowest BCUT2D eigenvalue weighted by atomic mass is 10.1. The minimum atomic E-state index is -3.57. The summed E-state index contributed by atoms with van der Waals surface area (Å²) >= 11 is 0. The fourth-order valence-corrected chi connectivity index (χ4v) is 3.48. The maximum Gasteiger partial charge on any atom is 0.227 e. The molecule has 0 spiro atoms. The third kappa shape index (κ3) is 3.15. The number of aromatic nitrogens is 3. The lowest BCUT2D eigenvalue weighted by molar-refractivity contribution is -0.117. The molecule has 116 valence electrons. The van der Waals surface area contributed by atoms with Crippen molar-refractivity contribution < 1.29 is 13.2 Å². The van der Waals surface area contributed by atoms with Gasteiger partial charge < -0.3 is 4.90 Å². The maximum atomic E-state index is 12.0. The minimum Gasteiger partial charge on any atom is -0.312 e. The molecule has 3 rings (SSSR count). The Kier molecular flexibility index (Phi) is 3.67. The largest absolute Gasteiger partial charge is 0.312 e. The van der Waals surface area contributed by atoms with Crippen LogP contribution in [0.25, 0.3) is 5.69 Å². The molecule has 1 amide bonds. The van der Waals surface area contributed by atoms with Crippen LogP contribution < -0.4 is 10.0 Å². The number of benzene rings is 1. The van der Waals surface area contributed by atoms with Crippen molar-refractivity contribution in [2.75, 3.05) is 17.2 Å². The first-order valence-electron chi connectivity index (χ1n) is 6.68. The topological polar surface area (TPSA) is 111 Å². The Labute approximate surface area is 127 Å². The monoisotopic (exact) mass is 321 g/mol. The number of anilines is 1. The van der Waals surface area contributed by atoms with E-state index in [-0.39, 0.29) is 24.0 Å². The van der Waals surface area contributed by atoms with Gasteiger partial charge in [0.1, 0.15) is 12.7 Å². The molecular formula is C13H15N5O3S. The van der Waals surface area contributed by atoms with Crippen molar-refractivity contribution in [2.45, 2.75) is 6.42 Å². The van der Waals surface area contributed by atoms with E-state index in [1.807, 2.05) is 12.1 Å². The van der Waals surface area contributed by atoms with E-state index in [0.29, 0.717) is 6.54 Å². The van der Waals surface area contributed by atoms with Crippen LogP contribution in [0.15, 0.2) is 36.9 Å². The highest BCUT2D eigenvalue weighted by Crippen LogP contribution is 2.26. The lowest BCUT2D eigenvalue weighted by Crippen LogP contribution is -2.27. The first-order chi connectivity index (χ1) is 10.4. The SMILES string of the molecule is NS(=O)(=O)CC1CC(=O)N(c2ccc(-n3cncn3)cc2)C1. The zero-order valence-electron chi connectivity index (χ0n) is 11.7. The van der Waals surface area contributed by atoms with E-state index in [0.717, 1.165) is 11.4 Å². The Morgan fingerprint density at radius 1 is 1.23 bits per heavy atom. The second-order valence-corrected chi connectivity index (χ2v) is 6.92. The number of carbonyl (C=O) groups is 1. The fraction of sp³-hybridized carbons (Fsp3) is 0.308. The number of hydrogen-bond acceptors (Lipinski definition) is 5. The van der Waals surface area contributed by atoms with Crippen LogP contribution in [0.3, 0.4) is 0 Å². The number of nitrogens with zero attached hydrogens (tertiary/aromatic N) is 4. The molecule has 0 bridgehead atoms. The molecule has 9 heteroatoms. The van der Waals surface area contributed by atoms with Crippen molar-refractivity contribution in [1.82, 2.24) is 14.8 Å². The van der Waals surface area contributed by atoms with E-state index in [9.17, 15) is 13.2 Å². The molecule has 2 aromatic rings. The normalized spacial score (nSPS) is 18.9. The molecular weight excluding hydrogens is 306 g/mol. The quantitative estimate of drug-likeness (QED) is 0.846. The van der Waals surface area contributed by atoms with Crippen LogP contribution in [0.5, 0.6) is 0 Å². The molecule has 1 unspecified atom stereocenters. The molecule has 1 aliphatic rings. The average molecular weight is 321 g/mol. The van der Waals surface area contributed by atoms with Crippen molar-refractivity contribution in [3.05, 3.63) is 36.9 Å². The van der Waals surface area contributed by atoms with Crippen LogP contribution in [0.2, 0.25) is 0 Å². The van der Waals surface area contributed by atoms with Crippen LogP contribution >= 0.6 is 0 Å². The Balaban J connectivity index is 1.76. The van der Waals surface area contributed by atoms with Gasteiger partial charge in [-0.2, -0.15) is 5.10 Å². The minimum absolute atomic E-state index is 0.0952. The number of carbonyl (C=O) groups excluding carboxylic acids is 1. The molecule has 22 heavy (non-hydrogen) atoms. The zero-order chi connectivity index (χ0) is 15.7. The van der Waals surface area contributed by atoms with Gasteiger partial charge in [0, 0.05) is 24.6 Å². The van der Waals surface area contributed by atoms with Crippen LogP contribution in [0, 0.1) is 5.92 Å². The fourth-order valence-electron chi connectivity index (χ4n) is 2.60. The second kappa shape index (κ2) is 5.50. The van der Waals surface area contributed by atoms with E-state index >= 15 is 0 Å². The van der Waals surface area contributed by atoms with Crippen LogP contribution in [0.1, 0.15) is 6.42 Å². The molecule has 0 radical (unpaired) electrons. The predicted molar refractivity (Wildman–Crippen MR) is 79.8 cm³/mol. The predicted octanol–water partition coefficient (Wildman–Crippen LogP) is -0.0913. The average Bonchev–Trinajstić information content (AvgIpc) is 3.07. The van der Waals surface area contributed by atoms with Gasteiger partial charge in [0.05, 0.1) is 11.4 Å². The summed E-state index contributed by atoms with van der Waals surface area (Å²) in [5.41, 5.74) is 1.56. The van der Waals surface area contributed by atoms with Crippen molar-refractivity contribution in [2.24, 2.45) is 11.1 Å². The van der Waals surface area contributed by atoms with Gasteiger partial charge in [0.2, 0.25) is 15.9 Å². The standard InChI is InChI=1S/C13H15N5O3S/c14-22(20,21)7-10-5-13(19)17(6-10)11-1-3-12(4-2-11)18-9-15-8-16-18/h1-4,8-10H,5-7H2,(H2,14,20,21). The molecule has 1 atom stereocenters. The third-order valence-electron chi connectivity index (χ3n) is 3.52. The van der Waals surface area contributed by atoms with Crippen LogP contribution in [0.4, 0.5) is 5.69 Å². The summed E-state index contributed by atoms with van der Waals surface area (Å²) in [5.74, 6) is -0.536. The van der Waals surface area contributed by atoms with Gasteiger partial charge in [0.15, 0.2) is 0 Å². The van der Waals surface area contributed by atoms with Crippen LogP contribution in [-0.2, 0) is 14.8 Å². The summed E-state index contributed by atoms with van der Waals surface area (Å²) in [4.78, 5) is 17.5. The molecule has 1 aromatic carbocycles. The van der Waals surface area contributed by atoms with Gasteiger partial charge in [-0.25, -0.2) is 23.2 Å². The first-order valence-corrected chi connectivity index (χ1v) is 8.40. The highest BCUT2D eigenvalue weighted by molar-refractivity contribution is 7.89. The summed E-state index contributed by atoms with van der Waals surface area (Å²) < 4.78 is 23.9. The van der Waals surface area contributed by atoms with E-state index in [2.05, 4.69) is 10.1 Å². The van der Waals surface area contributed by atoms with Crippen molar-refractivity contribution >= 4 is 21.6 Å². The Hall–Kier alpha value is -2.26. The number of nitrogens with two attached hydrogens (primary N) is 1. The van der Waals surface area contributed by atoms with Gasteiger partial charge in [-0.05, 0) is 24.3 Å². The molecule has 0 saturated carbocycles. The zero-order valence-corrected chi connectivity index (χ0v) is 12.5. The maximum absolute atomic E-state index is 12.0. The summed E-state index contributed by atoms with van der Waals surface area (Å²) in [6.07, 6.45) is 3.22. The van der Waals surface area contributed by atoms with Gasteiger partial charge in [-0.15, -0.1) is 0 Å². The molecule has 1 fully saturated rings. The smallest absolute Gasteiger partial charge is 0.227 e. The summed E-state index contributed by atoms with van der Waals surface area (Å²) in [7, 11) is -3.57. The van der Waals surface area contributed by atoms with E-state index in [1.165, 1.54) is 6.33 Å². The van der Waals surface area contributed by atoms with Crippen LogP contribution in [-0.4, -0.2) is 41.4 Å². The van der Waals surface area contributed by atoms with Crippen molar-refractivity contribution in [1.29, 1.82) is 0 Å². The lowest BCUT2D eigenvalue weighted by Gasteiger charge is -2.17. The molecule has 2 heterocycles. The van der Waals surface area contributed by atoms with Crippen molar-refractivity contribution in [3.63, 3.8) is 0 Å². The van der Waals surface area contributed by atoms with E-state index < -0.39 is 10.0 Å². The Bertz CT molecular complexity index is 771. The second-order valence-electron chi connectivity index (χ2n) is 5.26. The molecule has 2 N–H and O–H groups in total. The highest BCUT2D eigenvalue weighted by Gasteiger charge is 2.32. The molecule has 1 aliphatic heterocycles. The first kappa shape index (κ1) is 14.7. The molecule has 1 saturated heterocycles. The van der Waals surface area contributed by atoms with Gasteiger partial charge in [-0.1, -0.05) is 0 Å². The molecule has 8 nitrogen and oxygen atoms in total. The molecule has 0 aliphatic carbocycles. The Morgan fingerprint density at radius 2 is 1.91 bits per heavy atom. The highest BCUT2D eigenvalue weighted by atomic mass is 32.2. The molecule has 1 aromatic heterocycles. The number of primary sulfonamides is 1. The van der Waals surface area contributed by atoms with Gasteiger partial charge in [-0.3, -0.25) is 4.79 Å².